The van der Waals surface area contributed by atoms with Crippen molar-refractivity contribution in [3.05, 3.63) is 21.9 Å². The van der Waals surface area contributed by atoms with E-state index >= 15 is 0 Å². The summed E-state index contributed by atoms with van der Waals surface area (Å²) in [5.41, 5.74) is 1.14. The van der Waals surface area contributed by atoms with Gasteiger partial charge in [-0.05, 0) is 31.0 Å². The van der Waals surface area contributed by atoms with E-state index in [2.05, 4.69) is 46.9 Å². The maximum absolute atomic E-state index is 8.81. The lowest BCUT2D eigenvalue weighted by molar-refractivity contribution is 0.209. The van der Waals surface area contributed by atoms with Crippen LogP contribution in [0.1, 0.15) is 37.1 Å². The molecule has 0 amide bonds. The lowest BCUT2D eigenvalue weighted by Crippen LogP contribution is -2.37. The molecule has 0 aliphatic carbocycles. The van der Waals surface area contributed by atoms with Gasteiger partial charge in [0.2, 0.25) is 0 Å². The summed E-state index contributed by atoms with van der Waals surface area (Å²) in [7, 11) is 0. The molecular weight excluding hydrogens is 280 g/mol. The van der Waals surface area contributed by atoms with Gasteiger partial charge >= 0.3 is 0 Å². The topological polar surface area (TPSA) is 26.7 Å². The van der Waals surface area contributed by atoms with Crippen LogP contribution in [0.2, 0.25) is 0 Å². The van der Waals surface area contributed by atoms with Crippen molar-refractivity contribution in [2.24, 2.45) is 0 Å². The second-order valence-electron chi connectivity index (χ2n) is 5.43. The second-order valence-corrected chi connectivity index (χ2v) is 6.43. The Morgan fingerprint density at radius 1 is 1.43 bits per heavy atom. The van der Waals surface area contributed by atoms with E-state index in [0.717, 1.165) is 25.2 Å². The molecule has 0 aromatic carbocycles. The molecule has 1 atom stereocenters. The average molecular weight is 306 g/mol. The van der Waals surface area contributed by atoms with Gasteiger partial charge in [-0.1, -0.05) is 25.7 Å². The predicted molar refractivity (Wildman–Crippen MR) is 89.5 cm³/mol. The van der Waals surface area contributed by atoms with Crippen LogP contribution in [0.15, 0.2) is 11.4 Å². The largest absolute Gasteiger partial charge is 0.395 e. The molecule has 1 fully saturated rings. The Hall–Kier alpha value is -0.860. The molecule has 2 rings (SSSR count). The fourth-order valence-electron chi connectivity index (χ4n) is 2.99. The maximum Gasteiger partial charge on any atom is 0.0540 e. The van der Waals surface area contributed by atoms with Crippen molar-refractivity contribution in [3.63, 3.8) is 0 Å². The number of thiophene rings is 1. The van der Waals surface area contributed by atoms with Crippen LogP contribution in [-0.2, 0) is 6.54 Å². The first kappa shape index (κ1) is 16.5. The molecule has 1 unspecified atom stereocenters. The minimum Gasteiger partial charge on any atom is -0.395 e. The Bertz CT molecular complexity index is 484. The molecule has 4 heteroatoms. The van der Waals surface area contributed by atoms with E-state index in [4.69, 9.17) is 5.11 Å². The first-order chi connectivity index (χ1) is 10.3. The maximum atomic E-state index is 8.81. The number of aliphatic hydroxyl groups is 1. The summed E-state index contributed by atoms with van der Waals surface area (Å²) in [6, 6.07) is 2.81. The fourth-order valence-corrected chi connectivity index (χ4v) is 3.86. The third kappa shape index (κ3) is 4.55. The molecule has 1 aromatic heterocycles. The Labute approximate surface area is 132 Å². The van der Waals surface area contributed by atoms with Crippen molar-refractivity contribution >= 4 is 11.3 Å². The van der Waals surface area contributed by atoms with Crippen molar-refractivity contribution in [2.45, 2.75) is 39.3 Å². The van der Waals surface area contributed by atoms with E-state index in [1.165, 1.54) is 24.4 Å². The quantitative estimate of drug-likeness (QED) is 0.818. The monoisotopic (exact) mass is 306 g/mol. The van der Waals surface area contributed by atoms with Gasteiger partial charge in [0.05, 0.1) is 6.61 Å². The predicted octanol–water partition coefficient (Wildman–Crippen LogP) is 2.40. The third-order valence-corrected chi connectivity index (χ3v) is 5.05. The summed E-state index contributed by atoms with van der Waals surface area (Å²) in [6.07, 6.45) is 1.83. The summed E-state index contributed by atoms with van der Waals surface area (Å²) >= 11 is 1.80. The van der Waals surface area contributed by atoms with Crippen molar-refractivity contribution < 1.29 is 5.11 Å². The van der Waals surface area contributed by atoms with Crippen molar-refractivity contribution in [2.75, 3.05) is 32.8 Å². The molecular formula is C17H26N2OS. The highest BCUT2D eigenvalue weighted by Gasteiger charge is 2.26. The molecule has 0 radical (unpaired) electrons. The molecule has 0 bridgehead atoms. The third-order valence-electron chi connectivity index (χ3n) is 4.15. The number of nitrogens with zero attached hydrogens (tertiary/aromatic N) is 2. The van der Waals surface area contributed by atoms with E-state index in [0.29, 0.717) is 12.5 Å². The van der Waals surface area contributed by atoms with Gasteiger partial charge in [-0.3, -0.25) is 9.80 Å². The van der Waals surface area contributed by atoms with E-state index < -0.39 is 0 Å². The summed E-state index contributed by atoms with van der Waals surface area (Å²) < 4.78 is 0. The van der Waals surface area contributed by atoms with Crippen LogP contribution in [0.3, 0.4) is 0 Å². The van der Waals surface area contributed by atoms with Crippen LogP contribution < -0.4 is 0 Å². The molecule has 0 saturated carbocycles. The Balaban J connectivity index is 1.92. The van der Waals surface area contributed by atoms with Crippen LogP contribution in [0.5, 0.6) is 0 Å². The zero-order valence-corrected chi connectivity index (χ0v) is 14.0. The van der Waals surface area contributed by atoms with E-state index in [9.17, 15) is 0 Å². The van der Waals surface area contributed by atoms with Gasteiger partial charge < -0.3 is 5.11 Å². The molecule has 1 aliphatic rings. The van der Waals surface area contributed by atoms with Crippen LogP contribution in [0, 0.1) is 11.8 Å². The Morgan fingerprint density at radius 2 is 2.24 bits per heavy atom. The fraction of sp³-hybridized carbons (Fsp3) is 0.647. The second kappa shape index (κ2) is 8.55. The van der Waals surface area contributed by atoms with Crippen molar-refractivity contribution in [3.8, 4) is 11.8 Å². The minimum atomic E-state index is 0.143. The number of likely N-dealkylation sites (N-methyl/N-ethyl adjacent to an activating group) is 1. The van der Waals surface area contributed by atoms with Crippen LogP contribution in [-0.4, -0.2) is 53.7 Å². The molecule has 21 heavy (non-hydrogen) atoms. The molecule has 0 spiro atoms. The summed E-state index contributed by atoms with van der Waals surface area (Å²) in [5.74, 6) is 6.22. The zero-order valence-electron chi connectivity index (χ0n) is 13.1. The number of rotatable bonds is 6. The summed E-state index contributed by atoms with van der Waals surface area (Å²) in [5, 5.41) is 10.9. The normalized spacial score (nSPS) is 19.0. The molecule has 116 valence electrons. The first-order valence-corrected chi connectivity index (χ1v) is 8.78. The van der Waals surface area contributed by atoms with Gasteiger partial charge in [0, 0.05) is 42.5 Å². The summed E-state index contributed by atoms with van der Waals surface area (Å²) in [4.78, 5) is 6.48. The van der Waals surface area contributed by atoms with E-state index in [1.807, 2.05) is 0 Å². The molecule has 2 heterocycles. The van der Waals surface area contributed by atoms with Crippen LogP contribution in [0.25, 0.3) is 0 Å². The van der Waals surface area contributed by atoms with Gasteiger partial charge in [0.25, 0.3) is 0 Å². The molecule has 1 aliphatic heterocycles. The molecule has 1 aromatic rings. The highest BCUT2D eigenvalue weighted by molar-refractivity contribution is 7.10. The first-order valence-electron chi connectivity index (χ1n) is 7.91. The standard InChI is InChI=1S/C17H26N2OS/c1-3-19(4-2)16-8-10-18(13-16)14-17-15(9-12-21-17)7-5-6-11-20/h9,12,16,20H,3-4,6,8,10-11,13-14H2,1-2H3. The van der Waals surface area contributed by atoms with Gasteiger partial charge in [-0.15, -0.1) is 11.3 Å². The number of hydrogen-bond donors (Lipinski definition) is 1. The highest BCUT2D eigenvalue weighted by Crippen LogP contribution is 2.22. The average Bonchev–Trinajstić information content (AvgIpc) is 3.12. The lowest BCUT2D eigenvalue weighted by Gasteiger charge is -2.26. The van der Waals surface area contributed by atoms with Crippen molar-refractivity contribution in [1.82, 2.24) is 9.80 Å². The van der Waals surface area contributed by atoms with Gasteiger partial charge in [0.1, 0.15) is 0 Å². The smallest absolute Gasteiger partial charge is 0.0540 e. The van der Waals surface area contributed by atoms with Gasteiger partial charge in [-0.2, -0.15) is 0 Å². The van der Waals surface area contributed by atoms with Crippen LogP contribution >= 0.6 is 11.3 Å². The van der Waals surface area contributed by atoms with Gasteiger partial charge in [0.15, 0.2) is 0 Å². The van der Waals surface area contributed by atoms with E-state index in [1.54, 1.807) is 11.3 Å². The van der Waals surface area contributed by atoms with E-state index in [-0.39, 0.29) is 6.61 Å². The minimum absolute atomic E-state index is 0.143. The number of hydrogen-bond acceptors (Lipinski definition) is 4. The lowest BCUT2D eigenvalue weighted by atomic mass is 10.2. The van der Waals surface area contributed by atoms with Crippen molar-refractivity contribution in [1.29, 1.82) is 0 Å². The molecule has 3 nitrogen and oxygen atoms in total. The Kier molecular flexibility index (Phi) is 6.72. The molecule has 1 N–H and O–H groups in total. The van der Waals surface area contributed by atoms with Gasteiger partial charge in [-0.25, -0.2) is 0 Å². The van der Waals surface area contributed by atoms with Crippen LogP contribution in [0.4, 0.5) is 0 Å². The highest BCUT2D eigenvalue weighted by atomic mass is 32.1. The Morgan fingerprint density at radius 3 is 2.95 bits per heavy atom. The SMILES string of the molecule is CCN(CC)C1CCN(Cc2sccc2C#CCCO)C1. The molecule has 1 saturated heterocycles. The number of aliphatic hydroxyl groups excluding tert-OH is 1. The zero-order chi connectivity index (χ0) is 15.1. The number of likely N-dealkylation sites (tertiary alicyclic amines) is 1. The summed E-state index contributed by atoms with van der Waals surface area (Å²) in [6.45, 7) is 10.3.